The highest BCUT2D eigenvalue weighted by Gasteiger charge is 2.42. The van der Waals surface area contributed by atoms with E-state index >= 15 is 0 Å². The molecule has 1 aliphatic carbocycles. The van der Waals surface area contributed by atoms with Crippen molar-refractivity contribution in [1.29, 1.82) is 0 Å². The van der Waals surface area contributed by atoms with Gasteiger partial charge in [-0.2, -0.15) is 0 Å². The Morgan fingerprint density at radius 1 is 1.36 bits per heavy atom. The lowest BCUT2D eigenvalue weighted by molar-refractivity contribution is -0.144. The van der Waals surface area contributed by atoms with Crippen LogP contribution in [0.1, 0.15) is 32.6 Å². The third-order valence-electron chi connectivity index (χ3n) is 3.04. The highest BCUT2D eigenvalue weighted by Crippen LogP contribution is 2.38. The van der Waals surface area contributed by atoms with E-state index in [1.54, 1.807) is 0 Å². The molecule has 3 atom stereocenters. The molecule has 1 saturated carbocycles. The van der Waals surface area contributed by atoms with Crippen LogP contribution in [0.3, 0.4) is 0 Å². The number of hydrogen-bond acceptors (Lipinski definition) is 2. The van der Waals surface area contributed by atoms with Gasteiger partial charge in [0, 0.05) is 5.92 Å². The lowest BCUT2D eigenvalue weighted by Crippen LogP contribution is -2.23. The number of esters is 1. The summed E-state index contributed by atoms with van der Waals surface area (Å²) in [5, 5.41) is 0. The van der Waals surface area contributed by atoms with Crippen LogP contribution in [0.5, 0.6) is 0 Å². The fraction of sp³-hybridized carbons (Fsp3) is 0.889. The zero-order valence-electron chi connectivity index (χ0n) is 6.88. The summed E-state index contributed by atoms with van der Waals surface area (Å²) in [6.07, 6.45) is 5.08. The zero-order chi connectivity index (χ0) is 7.84. The highest BCUT2D eigenvalue weighted by atomic mass is 16.6. The molecule has 1 saturated heterocycles. The molecule has 0 N–H and O–H groups in total. The van der Waals surface area contributed by atoms with Gasteiger partial charge in [0.1, 0.15) is 6.10 Å². The molecule has 0 bridgehead atoms. The van der Waals surface area contributed by atoms with Crippen molar-refractivity contribution in [2.45, 2.75) is 38.7 Å². The molecule has 2 nitrogen and oxygen atoms in total. The van der Waals surface area contributed by atoms with Crippen LogP contribution in [0.25, 0.3) is 0 Å². The quantitative estimate of drug-likeness (QED) is 0.497. The molecule has 11 heavy (non-hydrogen) atoms. The molecule has 62 valence electrons. The predicted octanol–water partition coefficient (Wildman–Crippen LogP) is 1.74. The second kappa shape index (κ2) is 2.50. The molecule has 2 aliphatic rings. The average Bonchev–Trinajstić information content (AvgIpc) is 2.30. The molecule has 1 aliphatic heterocycles. The Morgan fingerprint density at radius 3 is 2.82 bits per heavy atom. The molecule has 2 rings (SSSR count). The van der Waals surface area contributed by atoms with Gasteiger partial charge in [0.05, 0.1) is 5.92 Å². The second-order valence-electron chi connectivity index (χ2n) is 3.71. The Bertz CT molecular complexity index is 176. The topological polar surface area (TPSA) is 26.3 Å². The lowest BCUT2D eigenvalue weighted by Gasteiger charge is -2.23. The third kappa shape index (κ3) is 1.05. The smallest absolute Gasteiger partial charge is 0.309 e. The first-order valence-corrected chi connectivity index (χ1v) is 4.49. The van der Waals surface area contributed by atoms with Crippen molar-refractivity contribution < 1.29 is 9.53 Å². The number of rotatable bonds is 0. The van der Waals surface area contributed by atoms with Crippen LogP contribution in [0, 0.1) is 11.8 Å². The molecule has 1 heterocycles. The van der Waals surface area contributed by atoms with Gasteiger partial charge in [0.25, 0.3) is 0 Å². The summed E-state index contributed by atoms with van der Waals surface area (Å²) in [7, 11) is 0. The van der Waals surface area contributed by atoms with Crippen LogP contribution in [-0.4, -0.2) is 12.1 Å². The summed E-state index contributed by atoms with van der Waals surface area (Å²) in [4.78, 5) is 11.1. The maximum atomic E-state index is 11.1. The normalized spacial score (nSPS) is 43.4. The Hall–Kier alpha value is -0.530. The van der Waals surface area contributed by atoms with Gasteiger partial charge in [0.2, 0.25) is 0 Å². The molecule has 2 fully saturated rings. The molecule has 0 radical (unpaired) electrons. The van der Waals surface area contributed by atoms with E-state index in [9.17, 15) is 4.79 Å². The van der Waals surface area contributed by atoms with Gasteiger partial charge in [-0.3, -0.25) is 4.79 Å². The molecular formula is C9H14O2. The van der Waals surface area contributed by atoms with Gasteiger partial charge in [-0.25, -0.2) is 0 Å². The SMILES string of the molecule is CC1C(=O)OC2CCCCC21. The first-order chi connectivity index (χ1) is 5.29. The van der Waals surface area contributed by atoms with Crippen molar-refractivity contribution in [2.24, 2.45) is 11.8 Å². The van der Waals surface area contributed by atoms with Crippen molar-refractivity contribution in [3.63, 3.8) is 0 Å². The molecule has 0 spiro atoms. The maximum Gasteiger partial charge on any atom is 0.309 e. The maximum absolute atomic E-state index is 11.1. The van der Waals surface area contributed by atoms with Crippen LogP contribution in [0.15, 0.2) is 0 Å². The largest absolute Gasteiger partial charge is 0.462 e. The van der Waals surface area contributed by atoms with E-state index in [1.807, 2.05) is 6.92 Å². The second-order valence-corrected chi connectivity index (χ2v) is 3.71. The molecule has 3 unspecified atom stereocenters. The summed E-state index contributed by atoms with van der Waals surface area (Å²) >= 11 is 0. The number of hydrogen-bond donors (Lipinski definition) is 0. The van der Waals surface area contributed by atoms with E-state index in [0.717, 1.165) is 6.42 Å². The molecule has 0 aromatic rings. The first-order valence-electron chi connectivity index (χ1n) is 4.49. The Labute approximate surface area is 66.9 Å². The third-order valence-corrected chi connectivity index (χ3v) is 3.04. The summed E-state index contributed by atoms with van der Waals surface area (Å²) < 4.78 is 5.24. The van der Waals surface area contributed by atoms with E-state index in [-0.39, 0.29) is 18.0 Å². The molecule has 0 aromatic carbocycles. The van der Waals surface area contributed by atoms with Gasteiger partial charge >= 0.3 is 5.97 Å². The zero-order valence-corrected chi connectivity index (χ0v) is 6.88. The molecule has 2 heteroatoms. The van der Waals surface area contributed by atoms with Gasteiger partial charge in [0.15, 0.2) is 0 Å². The van der Waals surface area contributed by atoms with E-state index in [2.05, 4.69) is 0 Å². The minimum Gasteiger partial charge on any atom is -0.462 e. The Balaban J connectivity index is 2.11. The predicted molar refractivity (Wildman–Crippen MR) is 41.0 cm³/mol. The van der Waals surface area contributed by atoms with Crippen molar-refractivity contribution in [2.75, 3.05) is 0 Å². The summed E-state index contributed by atoms with van der Waals surface area (Å²) in [6.45, 7) is 2.00. The molecule has 0 aromatic heterocycles. The van der Waals surface area contributed by atoms with E-state index in [0.29, 0.717) is 5.92 Å². The Morgan fingerprint density at radius 2 is 2.09 bits per heavy atom. The van der Waals surface area contributed by atoms with Gasteiger partial charge in [-0.05, 0) is 19.3 Å². The van der Waals surface area contributed by atoms with E-state index < -0.39 is 0 Å². The number of ether oxygens (including phenoxy) is 1. The van der Waals surface area contributed by atoms with E-state index in [1.165, 1.54) is 19.3 Å². The van der Waals surface area contributed by atoms with Crippen LogP contribution >= 0.6 is 0 Å². The number of carbonyl (C=O) groups excluding carboxylic acids is 1. The van der Waals surface area contributed by atoms with Gasteiger partial charge in [-0.1, -0.05) is 13.3 Å². The van der Waals surface area contributed by atoms with Crippen molar-refractivity contribution >= 4 is 5.97 Å². The van der Waals surface area contributed by atoms with E-state index in [4.69, 9.17) is 4.74 Å². The fourth-order valence-electron chi connectivity index (χ4n) is 2.28. The average molecular weight is 154 g/mol. The number of carbonyl (C=O) groups is 1. The monoisotopic (exact) mass is 154 g/mol. The summed E-state index contributed by atoms with van der Waals surface area (Å²) in [6, 6.07) is 0. The fourth-order valence-corrected chi connectivity index (χ4v) is 2.28. The summed E-state index contributed by atoms with van der Waals surface area (Å²) in [5.74, 6) is 0.735. The standard InChI is InChI=1S/C9H14O2/c1-6-7-4-2-3-5-8(7)11-9(6)10/h6-8H,2-5H2,1H3. The highest BCUT2D eigenvalue weighted by molar-refractivity contribution is 5.74. The van der Waals surface area contributed by atoms with Crippen LogP contribution in [-0.2, 0) is 9.53 Å². The van der Waals surface area contributed by atoms with Crippen LogP contribution in [0.2, 0.25) is 0 Å². The summed E-state index contributed by atoms with van der Waals surface area (Å²) in [5.41, 5.74) is 0. The van der Waals surface area contributed by atoms with Crippen LogP contribution < -0.4 is 0 Å². The van der Waals surface area contributed by atoms with Gasteiger partial charge in [-0.15, -0.1) is 0 Å². The molecule has 0 amide bonds. The van der Waals surface area contributed by atoms with Crippen molar-refractivity contribution in [1.82, 2.24) is 0 Å². The minimum atomic E-state index is 0.0295. The van der Waals surface area contributed by atoms with Crippen molar-refractivity contribution in [3.8, 4) is 0 Å². The van der Waals surface area contributed by atoms with Crippen LogP contribution in [0.4, 0.5) is 0 Å². The minimum absolute atomic E-state index is 0.0295. The first kappa shape index (κ1) is 7.14. The Kier molecular flexibility index (Phi) is 1.63. The van der Waals surface area contributed by atoms with Gasteiger partial charge < -0.3 is 4.74 Å². The lowest BCUT2D eigenvalue weighted by atomic mass is 9.81. The molecular weight excluding hydrogens is 140 g/mol. The van der Waals surface area contributed by atoms with Crippen molar-refractivity contribution in [3.05, 3.63) is 0 Å². The number of fused-ring (bicyclic) bond motifs is 1.